The quantitative estimate of drug-likeness (QED) is 0.761. The minimum atomic E-state index is 0.379. The molecule has 1 saturated carbocycles. The number of likely N-dealkylation sites (N-methyl/N-ethyl adjacent to an activating group) is 1. The molecule has 0 spiro atoms. The van der Waals surface area contributed by atoms with Gasteiger partial charge in [-0.05, 0) is 39.2 Å². The van der Waals surface area contributed by atoms with Crippen LogP contribution < -0.4 is 5.73 Å². The van der Waals surface area contributed by atoms with Gasteiger partial charge in [0.15, 0.2) is 0 Å². The Morgan fingerprint density at radius 1 is 1.40 bits per heavy atom. The molecule has 0 aromatic heterocycles. The lowest BCUT2D eigenvalue weighted by molar-refractivity contribution is 0.0400. The Morgan fingerprint density at radius 3 is 2.53 bits per heavy atom. The average molecular weight is 212 g/mol. The summed E-state index contributed by atoms with van der Waals surface area (Å²) in [6, 6.07) is 1.16. The molecule has 3 unspecified atom stereocenters. The van der Waals surface area contributed by atoms with E-state index in [1.165, 1.54) is 25.7 Å². The van der Waals surface area contributed by atoms with Crippen molar-refractivity contribution in [1.29, 1.82) is 0 Å². The lowest BCUT2D eigenvalue weighted by Crippen LogP contribution is -2.51. The summed E-state index contributed by atoms with van der Waals surface area (Å²) in [4.78, 5) is 2.49. The first-order valence-electron chi connectivity index (χ1n) is 6.27. The normalized spacial score (nSPS) is 34.4. The molecule has 0 radical (unpaired) electrons. The van der Waals surface area contributed by atoms with Gasteiger partial charge in [-0.25, -0.2) is 0 Å². The van der Waals surface area contributed by atoms with E-state index < -0.39 is 0 Å². The Labute approximate surface area is 93.0 Å². The van der Waals surface area contributed by atoms with Crippen LogP contribution in [0, 0.1) is 5.92 Å². The van der Waals surface area contributed by atoms with Crippen LogP contribution in [0.5, 0.6) is 0 Å². The molecule has 2 rings (SSSR count). The van der Waals surface area contributed by atoms with Crippen molar-refractivity contribution in [2.24, 2.45) is 11.7 Å². The third-order valence-electron chi connectivity index (χ3n) is 4.32. The Balaban J connectivity index is 1.94. The molecule has 1 aliphatic carbocycles. The smallest absolute Gasteiger partial charge is 0.0703 e. The summed E-state index contributed by atoms with van der Waals surface area (Å²) in [6.45, 7) is 3.89. The van der Waals surface area contributed by atoms with Crippen molar-refractivity contribution in [1.82, 2.24) is 4.90 Å². The highest BCUT2D eigenvalue weighted by Crippen LogP contribution is 2.33. The molecule has 0 bridgehead atoms. The van der Waals surface area contributed by atoms with Crippen molar-refractivity contribution in [3.8, 4) is 0 Å². The van der Waals surface area contributed by atoms with Gasteiger partial charge in [0, 0.05) is 25.2 Å². The van der Waals surface area contributed by atoms with E-state index in [0.29, 0.717) is 18.2 Å². The van der Waals surface area contributed by atoms with Gasteiger partial charge >= 0.3 is 0 Å². The first-order chi connectivity index (χ1) is 7.24. The Bertz CT molecular complexity index is 206. The second-order valence-corrected chi connectivity index (χ2v) is 5.09. The van der Waals surface area contributed by atoms with E-state index in [0.717, 1.165) is 19.1 Å². The van der Waals surface area contributed by atoms with Gasteiger partial charge in [0.1, 0.15) is 0 Å². The van der Waals surface area contributed by atoms with E-state index >= 15 is 0 Å². The van der Waals surface area contributed by atoms with Crippen molar-refractivity contribution in [2.75, 3.05) is 20.2 Å². The summed E-state index contributed by atoms with van der Waals surface area (Å²) in [5.41, 5.74) is 5.91. The predicted molar refractivity (Wildman–Crippen MR) is 61.8 cm³/mol. The van der Waals surface area contributed by atoms with Crippen molar-refractivity contribution < 1.29 is 4.74 Å². The Hall–Kier alpha value is -0.120. The highest BCUT2D eigenvalue weighted by molar-refractivity contribution is 4.90. The molecule has 2 aliphatic rings. The van der Waals surface area contributed by atoms with E-state index in [9.17, 15) is 0 Å². The summed E-state index contributed by atoms with van der Waals surface area (Å²) in [6.07, 6.45) is 5.68. The minimum Gasteiger partial charge on any atom is -0.377 e. The zero-order chi connectivity index (χ0) is 10.8. The van der Waals surface area contributed by atoms with Crippen LogP contribution in [0.3, 0.4) is 0 Å². The summed E-state index contributed by atoms with van der Waals surface area (Å²) in [7, 11) is 2.23. The monoisotopic (exact) mass is 212 g/mol. The highest BCUT2D eigenvalue weighted by Gasteiger charge is 2.36. The van der Waals surface area contributed by atoms with Crippen LogP contribution in [-0.2, 0) is 4.74 Å². The molecule has 1 saturated heterocycles. The molecule has 2 fully saturated rings. The first kappa shape index (κ1) is 11.4. The molecule has 3 nitrogen and oxygen atoms in total. The summed E-state index contributed by atoms with van der Waals surface area (Å²) >= 11 is 0. The summed E-state index contributed by atoms with van der Waals surface area (Å²) < 4.78 is 5.63. The molecular formula is C12H24N2O. The third kappa shape index (κ3) is 2.19. The van der Waals surface area contributed by atoms with Gasteiger partial charge < -0.3 is 10.5 Å². The minimum absolute atomic E-state index is 0.379. The van der Waals surface area contributed by atoms with Crippen molar-refractivity contribution in [2.45, 2.75) is 50.8 Å². The van der Waals surface area contributed by atoms with Gasteiger partial charge in [-0.3, -0.25) is 4.90 Å². The number of nitrogens with two attached hydrogens (primary N) is 1. The maximum Gasteiger partial charge on any atom is 0.0703 e. The van der Waals surface area contributed by atoms with E-state index in [-0.39, 0.29) is 0 Å². The van der Waals surface area contributed by atoms with Crippen molar-refractivity contribution in [3.05, 3.63) is 0 Å². The fourth-order valence-corrected chi connectivity index (χ4v) is 3.02. The first-order valence-corrected chi connectivity index (χ1v) is 6.27. The standard InChI is InChI=1S/C12H24N2O/c1-9-11(6-7-15-9)14(2)12(8-13)10-4-3-5-10/h9-12H,3-8,13H2,1-2H3. The van der Waals surface area contributed by atoms with Crippen LogP contribution in [0.4, 0.5) is 0 Å². The predicted octanol–water partition coefficient (Wildman–Crippen LogP) is 1.22. The molecule has 0 aromatic carbocycles. The zero-order valence-electron chi connectivity index (χ0n) is 9.98. The number of hydrogen-bond donors (Lipinski definition) is 1. The average Bonchev–Trinajstić information content (AvgIpc) is 2.56. The number of hydrogen-bond acceptors (Lipinski definition) is 3. The van der Waals surface area contributed by atoms with Crippen LogP contribution in [0.1, 0.15) is 32.6 Å². The molecule has 15 heavy (non-hydrogen) atoms. The molecule has 2 N–H and O–H groups in total. The Morgan fingerprint density at radius 2 is 2.13 bits per heavy atom. The SMILES string of the molecule is CC1OCCC1N(C)C(CN)C1CCC1. The summed E-state index contributed by atoms with van der Waals surface area (Å²) in [5.74, 6) is 0.841. The highest BCUT2D eigenvalue weighted by atomic mass is 16.5. The molecule has 3 heteroatoms. The fraction of sp³-hybridized carbons (Fsp3) is 1.00. The van der Waals surface area contributed by atoms with Crippen LogP contribution in [0.15, 0.2) is 0 Å². The molecule has 1 heterocycles. The molecule has 3 atom stereocenters. The van der Waals surface area contributed by atoms with E-state index in [2.05, 4.69) is 18.9 Å². The van der Waals surface area contributed by atoms with Crippen LogP contribution in [0.2, 0.25) is 0 Å². The van der Waals surface area contributed by atoms with Crippen LogP contribution >= 0.6 is 0 Å². The van der Waals surface area contributed by atoms with Gasteiger partial charge in [-0.15, -0.1) is 0 Å². The summed E-state index contributed by atoms with van der Waals surface area (Å²) in [5, 5.41) is 0. The lowest BCUT2D eigenvalue weighted by atomic mass is 9.78. The largest absolute Gasteiger partial charge is 0.377 e. The lowest BCUT2D eigenvalue weighted by Gasteiger charge is -2.42. The van der Waals surface area contributed by atoms with Crippen LogP contribution in [0.25, 0.3) is 0 Å². The topological polar surface area (TPSA) is 38.5 Å². The zero-order valence-corrected chi connectivity index (χ0v) is 9.98. The molecule has 0 aromatic rings. The van der Waals surface area contributed by atoms with E-state index in [1.807, 2.05) is 0 Å². The van der Waals surface area contributed by atoms with Gasteiger partial charge in [-0.1, -0.05) is 6.42 Å². The maximum atomic E-state index is 5.91. The van der Waals surface area contributed by atoms with Crippen molar-refractivity contribution >= 4 is 0 Å². The number of ether oxygens (including phenoxy) is 1. The number of nitrogens with zero attached hydrogens (tertiary/aromatic N) is 1. The molecule has 88 valence electrons. The van der Waals surface area contributed by atoms with Gasteiger partial charge in [0.25, 0.3) is 0 Å². The van der Waals surface area contributed by atoms with Crippen molar-refractivity contribution in [3.63, 3.8) is 0 Å². The van der Waals surface area contributed by atoms with Gasteiger partial charge in [0.05, 0.1) is 6.10 Å². The van der Waals surface area contributed by atoms with E-state index in [1.54, 1.807) is 0 Å². The second kappa shape index (κ2) is 4.81. The molecule has 0 amide bonds. The van der Waals surface area contributed by atoms with E-state index in [4.69, 9.17) is 10.5 Å². The maximum absolute atomic E-state index is 5.91. The Kier molecular flexibility index (Phi) is 3.65. The molecular weight excluding hydrogens is 188 g/mol. The van der Waals surface area contributed by atoms with Crippen LogP contribution in [-0.4, -0.2) is 43.3 Å². The third-order valence-corrected chi connectivity index (χ3v) is 4.32. The second-order valence-electron chi connectivity index (χ2n) is 5.09. The number of rotatable bonds is 4. The van der Waals surface area contributed by atoms with Gasteiger partial charge in [-0.2, -0.15) is 0 Å². The van der Waals surface area contributed by atoms with Gasteiger partial charge in [0.2, 0.25) is 0 Å². The molecule has 1 aliphatic heterocycles. The fourth-order valence-electron chi connectivity index (χ4n) is 3.02.